The summed E-state index contributed by atoms with van der Waals surface area (Å²) in [6.45, 7) is 4.23. The van der Waals surface area contributed by atoms with Crippen molar-refractivity contribution >= 4 is 23.2 Å². The molecule has 2 N–H and O–H groups in total. The largest absolute Gasteiger partial charge is 0.324 e. The number of hydrogen-bond donors (Lipinski definition) is 1. The van der Waals surface area contributed by atoms with Crippen LogP contribution in [0.15, 0.2) is 18.2 Å². The van der Waals surface area contributed by atoms with Crippen LogP contribution in [0, 0.1) is 0 Å². The minimum atomic E-state index is -0.0551. The molecule has 1 rings (SSSR count). The summed E-state index contributed by atoms with van der Waals surface area (Å²) in [5.41, 5.74) is 7.07. The van der Waals surface area contributed by atoms with Crippen molar-refractivity contribution in [3.63, 3.8) is 0 Å². The molecule has 17 heavy (non-hydrogen) atoms. The van der Waals surface area contributed by atoms with Crippen LogP contribution < -0.4 is 5.73 Å². The highest BCUT2D eigenvalue weighted by atomic mass is 35.5. The predicted octanol–water partition coefficient (Wildman–Crippen LogP) is 3.73. The van der Waals surface area contributed by atoms with E-state index < -0.39 is 0 Å². The van der Waals surface area contributed by atoms with Gasteiger partial charge >= 0.3 is 0 Å². The Kier molecular flexibility index (Phi) is 6.28. The molecule has 0 saturated heterocycles. The Morgan fingerprint density at radius 1 is 1.29 bits per heavy atom. The molecule has 4 heteroatoms. The first kappa shape index (κ1) is 14.8. The molecule has 1 aromatic carbocycles. The molecular formula is C13H20Cl2N2. The van der Waals surface area contributed by atoms with E-state index in [0.29, 0.717) is 10.0 Å². The van der Waals surface area contributed by atoms with Gasteiger partial charge in [-0.25, -0.2) is 0 Å². The van der Waals surface area contributed by atoms with E-state index in [2.05, 4.69) is 18.9 Å². The molecule has 1 aromatic rings. The minimum Gasteiger partial charge on any atom is -0.324 e. The summed E-state index contributed by atoms with van der Waals surface area (Å²) in [5, 5.41) is 1.15. The molecule has 0 radical (unpaired) electrons. The van der Waals surface area contributed by atoms with Crippen molar-refractivity contribution in [2.24, 2.45) is 5.73 Å². The third-order valence-corrected chi connectivity index (χ3v) is 3.64. The van der Waals surface area contributed by atoms with Gasteiger partial charge in [0.05, 0.1) is 10.0 Å². The highest BCUT2D eigenvalue weighted by Crippen LogP contribution is 2.30. The maximum absolute atomic E-state index is 6.14. The van der Waals surface area contributed by atoms with Crippen molar-refractivity contribution in [1.82, 2.24) is 4.90 Å². The van der Waals surface area contributed by atoms with Gasteiger partial charge in [0.1, 0.15) is 0 Å². The number of rotatable bonds is 6. The van der Waals surface area contributed by atoms with Gasteiger partial charge in [-0.05, 0) is 44.6 Å². The molecule has 0 aliphatic carbocycles. The zero-order valence-electron chi connectivity index (χ0n) is 10.4. The molecule has 0 bridgehead atoms. The molecule has 0 aliphatic rings. The molecule has 0 spiro atoms. The summed E-state index contributed by atoms with van der Waals surface area (Å²) < 4.78 is 0. The monoisotopic (exact) mass is 274 g/mol. The fourth-order valence-electron chi connectivity index (χ4n) is 1.82. The van der Waals surface area contributed by atoms with Crippen molar-refractivity contribution in [2.45, 2.75) is 25.8 Å². The topological polar surface area (TPSA) is 29.3 Å². The van der Waals surface area contributed by atoms with E-state index in [0.717, 1.165) is 31.5 Å². The van der Waals surface area contributed by atoms with Crippen molar-refractivity contribution in [1.29, 1.82) is 0 Å². The normalized spacial score (nSPS) is 13.1. The molecule has 0 heterocycles. The molecule has 0 saturated carbocycles. The first-order valence-electron chi connectivity index (χ1n) is 5.94. The lowest BCUT2D eigenvalue weighted by atomic mass is 10.0. The second-order valence-electron chi connectivity index (χ2n) is 4.34. The van der Waals surface area contributed by atoms with Crippen LogP contribution in [0.4, 0.5) is 0 Å². The summed E-state index contributed by atoms with van der Waals surface area (Å²) in [6.07, 6.45) is 2.04. The molecule has 0 amide bonds. The highest BCUT2D eigenvalue weighted by Gasteiger charge is 2.12. The zero-order chi connectivity index (χ0) is 12.8. The van der Waals surface area contributed by atoms with Gasteiger partial charge in [-0.2, -0.15) is 0 Å². The average molecular weight is 275 g/mol. The lowest BCUT2D eigenvalue weighted by molar-refractivity contribution is 0.319. The van der Waals surface area contributed by atoms with Crippen molar-refractivity contribution in [3.8, 4) is 0 Å². The summed E-state index contributed by atoms with van der Waals surface area (Å²) in [7, 11) is 2.11. The molecule has 1 unspecified atom stereocenters. The van der Waals surface area contributed by atoms with Gasteiger partial charge in [-0.3, -0.25) is 0 Å². The third-order valence-electron chi connectivity index (χ3n) is 2.81. The maximum atomic E-state index is 6.14. The lowest BCUT2D eigenvalue weighted by Gasteiger charge is -2.19. The van der Waals surface area contributed by atoms with E-state index in [1.807, 2.05) is 12.1 Å². The Labute approximate surface area is 114 Å². The Morgan fingerprint density at radius 3 is 2.65 bits per heavy atom. The third kappa shape index (κ3) is 4.47. The van der Waals surface area contributed by atoms with Gasteiger partial charge in [-0.15, -0.1) is 0 Å². The molecule has 1 atom stereocenters. The maximum Gasteiger partial charge on any atom is 0.0640 e. The fourth-order valence-corrected chi connectivity index (χ4v) is 2.26. The van der Waals surface area contributed by atoms with Gasteiger partial charge in [-0.1, -0.05) is 42.3 Å². The first-order chi connectivity index (χ1) is 8.06. The Balaban J connectivity index is 2.58. The second-order valence-corrected chi connectivity index (χ2v) is 5.13. The lowest BCUT2D eigenvalue weighted by Crippen LogP contribution is -2.24. The van der Waals surface area contributed by atoms with Crippen molar-refractivity contribution in [3.05, 3.63) is 33.8 Å². The number of hydrogen-bond acceptors (Lipinski definition) is 2. The first-order valence-corrected chi connectivity index (χ1v) is 6.69. The van der Waals surface area contributed by atoms with E-state index in [4.69, 9.17) is 28.9 Å². The van der Waals surface area contributed by atoms with E-state index in [-0.39, 0.29) is 6.04 Å². The SMILES string of the molecule is CCCN(C)CCC(N)c1cccc(Cl)c1Cl. The van der Waals surface area contributed by atoms with Gasteiger partial charge in [0, 0.05) is 6.04 Å². The van der Waals surface area contributed by atoms with Crippen LogP contribution in [-0.2, 0) is 0 Å². The van der Waals surface area contributed by atoms with Gasteiger partial charge in [0.2, 0.25) is 0 Å². The summed E-state index contributed by atoms with van der Waals surface area (Å²) >= 11 is 12.1. The second kappa shape index (κ2) is 7.22. The van der Waals surface area contributed by atoms with Crippen LogP contribution >= 0.6 is 23.2 Å². The fraction of sp³-hybridized carbons (Fsp3) is 0.538. The quantitative estimate of drug-likeness (QED) is 0.857. The number of benzene rings is 1. The molecule has 0 aliphatic heterocycles. The molecule has 2 nitrogen and oxygen atoms in total. The molecule has 0 fully saturated rings. The number of nitrogens with two attached hydrogens (primary N) is 1. The van der Waals surface area contributed by atoms with Crippen LogP contribution in [0.25, 0.3) is 0 Å². The van der Waals surface area contributed by atoms with Crippen molar-refractivity contribution in [2.75, 3.05) is 20.1 Å². The average Bonchev–Trinajstić information content (AvgIpc) is 2.30. The van der Waals surface area contributed by atoms with E-state index in [9.17, 15) is 0 Å². The summed E-state index contributed by atoms with van der Waals surface area (Å²) in [6, 6.07) is 5.56. The van der Waals surface area contributed by atoms with E-state index >= 15 is 0 Å². The van der Waals surface area contributed by atoms with Crippen LogP contribution in [0.2, 0.25) is 10.0 Å². The Bertz CT molecular complexity index is 355. The Hall–Kier alpha value is -0.280. The van der Waals surface area contributed by atoms with Crippen LogP contribution in [0.1, 0.15) is 31.4 Å². The smallest absolute Gasteiger partial charge is 0.0640 e. The van der Waals surface area contributed by atoms with Gasteiger partial charge in [0.15, 0.2) is 0 Å². The van der Waals surface area contributed by atoms with E-state index in [1.54, 1.807) is 6.07 Å². The van der Waals surface area contributed by atoms with Gasteiger partial charge in [0.25, 0.3) is 0 Å². The zero-order valence-corrected chi connectivity index (χ0v) is 11.9. The van der Waals surface area contributed by atoms with Gasteiger partial charge < -0.3 is 10.6 Å². The summed E-state index contributed by atoms with van der Waals surface area (Å²) in [4.78, 5) is 2.28. The highest BCUT2D eigenvalue weighted by molar-refractivity contribution is 6.42. The summed E-state index contributed by atoms with van der Waals surface area (Å²) in [5.74, 6) is 0. The molecule has 0 aromatic heterocycles. The minimum absolute atomic E-state index is 0.0551. The van der Waals surface area contributed by atoms with Crippen LogP contribution in [0.5, 0.6) is 0 Å². The predicted molar refractivity (Wildman–Crippen MR) is 75.8 cm³/mol. The number of nitrogens with zero attached hydrogens (tertiary/aromatic N) is 1. The standard InChI is InChI=1S/C13H20Cl2N2/c1-3-8-17(2)9-7-12(16)10-5-4-6-11(14)13(10)15/h4-6,12H,3,7-9,16H2,1-2H3. The van der Waals surface area contributed by atoms with Crippen LogP contribution in [0.3, 0.4) is 0 Å². The molecular weight excluding hydrogens is 255 g/mol. The Morgan fingerprint density at radius 2 is 2.00 bits per heavy atom. The van der Waals surface area contributed by atoms with Crippen LogP contribution in [-0.4, -0.2) is 25.0 Å². The number of halogens is 2. The molecule has 96 valence electrons. The van der Waals surface area contributed by atoms with E-state index in [1.165, 1.54) is 0 Å². The van der Waals surface area contributed by atoms with Crippen molar-refractivity contribution < 1.29 is 0 Å².